The van der Waals surface area contributed by atoms with Crippen molar-refractivity contribution in [2.75, 3.05) is 24.6 Å². The highest BCUT2D eigenvalue weighted by Crippen LogP contribution is 2.33. The molecule has 0 N–H and O–H groups in total. The standard InChI is InChI=1S/C27H28N4O5S2/c1-4-36-26(33)23-17(3)28-27-30(24(23)21-6-5-13-37-21)25(32)22(38-27)15-18-14-19(31(34)35)7-8-20(18)29-11-9-16(2)10-12-29/h5-8,13-16,24H,4,9-12H2,1-3H3/b22-15+/t24-/m1/s1. The molecular weight excluding hydrogens is 524 g/mol. The molecule has 0 aliphatic carbocycles. The number of ether oxygens (including phenoxy) is 1. The van der Waals surface area contributed by atoms with Crippen molar-refractivity contribution < 1.29 is 14.5 Å². The molecule has 0 saturated carbocycles. The first-order valence-electron chi connectivity index (χ1n) is 12.5. The van der Waals surface area contributed by atoms with Crippen LogP contribution in [0.5, 0.6) is 0 Å². The second kappa shape index (κ2) is 10.7. The molecule has 0 unspecified atom stereocenters. The number of hydrogen-bond acceptors (Lipinski definition) is 9. The molecular formula is C27H28N4O5S2. The fourth-order valence-electron chi connectivity index (χ4n) is 4.96. The lowest BCUT2D eigenvalue weighted by Gasteiger charge is -2.33. The first-order chi connectivity index (χ1) is 18.3. The van der Waals surface area contributed by atoms with Gasteiger partial charge < -0.3 is 9.64 Å². The molecule has 4 heterocycles. The molecule has 1 atom stereocenters. The normalized spacial score (nSPS) is 18.3. The van der Waals surface area contributed by atoms with Gasteiger partial charge in [-0.15, -0.1) is 11.3 Å². The van der Waals surface area contributed by atoms with Crippen molar-refractivity contribution in [1.82, 2.24) is 4.57 Å². The number of thiazole rings is 1. The van der Waals surface area contributed by atoms with Gasteiger partial charge in [0, 0.05) is 41.4 Å². The molecule has 9 nitrogen and oxygen atoms in total. The summed E-state index contributed by atoms with van der Waals surface area (Å²) in [5.74, 6) is 0.132. The Bertz CT molecular complexity index is 1590. The van der Waals surface area contributed by atoms with Crippen molar-refractivity contribution in [2.24, 2.45) is 10.9 Å². The van der Waals surface area contributed by atoms with E-state index in [9.17, 15) is 19.7 Å². The molecule has 5 rings (SSSR count). The van der Waals surface area contributed by atoms with Gasteiger partial charge >= 0.3 is 5.97 Å². The number of nitro benzene ring substituents is 1. The molecule has 2 aromatic heterocycles. The van der Waals surface area contributed by atoms with Gasteiger partial charge in [0.05, 0.1) is 27.3 Å². The predicted octanol–water partition coefficient (Wildman–Crippen LogP) is 4.00. The van der Waals surface area contributed by atoms with Gasteiger partial charge in [0.2, 0.25) is 0 Å². The topological polar surface area (TPSA) is 107 Å². The van der Waals surface area contributed by atoms with Gasteiger partial charge in [-0.2, -0.15) is 0 Å². The molecule has 1 saturated heterocycles. The molecule has 0 spiro atoms. The summed E-state index contributed by atoms with van der Waals surface area (Å²) < 4.78 is 7.26. The lowest BCUT2D eigenvalue weighted by molar-refractivity contribution is -0.384. The van der Waals surface area contributed by atoms with E-state index in [1.165, 1.54) is 34.8 Å². The van der Waals surface area contributed by atoms with E-state index in [2.05, 4.69) is 16.8 Å². The third-order valence-corrected chi connectivity index (χ3v) is 8.87. The lowest BCUT2D eigenvalue weighted by atomic mass is 9.98. The average Bonchev–Trinajstić information content (AvgIpc) is 3.52. The summed E-state index contributed by atoms with van der Waals surface area (Å²) in [6.07, 6.45) is 3.80. The molecule has 38 heavy (non-hydrogen) atoms. The first-order valence-corrected chi connectivity index (χ1v) is 14.2. The van der Waals surface area contributed by atoms with Gasteiger partial charge in [-0.25, -0.2) is 9.79 Å². The summed E-state index contributed by atoms with van der Waals surface area (Å²) in [5.41, 5.74) is 2.00. The van der Waals surface area contributed by atoms with Crippen LogP contribution in [0.25, 0.3) is 6.08 Å². The van der Waals surface area contributed by atoms with Crippen LogP contribution in [0.15, 0.2) is 56.8 Å². The van der Waals surface area contributed by atoms with E-state index in [4.69, 9.17) is 4.74 Å². The fourth-order valence-corrected chi connectivity index (χ4v) is 6.82. The van der Waals surface area contributed by atoms with Crippen molar-refractivity contribution in [1.29, 1.82) is 0 Å². The number of aromatic nitrogens is 1. The maximum absolute atomic E-state index is 13.9. The number of benzene rings is 1. The Labute approximate surface area is 227 Å². The zero-order valence-corrected chi connectivity index (χ0v) is 23.0. The van der Waals surface area contributed by atoms with Crippen LogP contribution in [0.3, 0.4) is 0 Å². The SMILES string of the molecule is CCOC(=O)C1=C(C)N=c2s/c(=C/c3cc([N+](=O)[O-])ccc3N3CCC(C)CC3)c(=O)n2[C@@H]1c1cccs1. The van der Waals surface area contributed by atoms with Crippen LogP contribution >= 0.6 is 22.7 Å². The summed E-state index contributed by atoms with van der Waals surface area (Å²) in [4.78, 5) is 46.1. The quantitative estimate of drug-likeness (QED) is 0.260. The van der Waals surface area contributed by atoms with Gasteiger partial charge in [0.25, 0.3) is 11.2 Å². The Kier molecular flexibility index (Phi) is 7.31. The molecule has 3 aromatic rings. The van der Waals surface area contributed by atoms with E-state index < -0.39 is 16.9 Å². The zero-order chi connectivity index (χ0) is 27.0. The molecule has 2 aliphatic heterocycles. The number of nitrogens with zero attached hydrogens (tertiary/aromatic N) is 4. The molecule has 0 amide bonds. The van der Waals surface area contributed by atoms with Gasteiger partial charge in [-0.05, 0) is 56.2 Å². The van der Waals surface area contributed by atoms with Crippen LogP contribution in [-0.2, 0) is 9.53 Å². The number of anilines is 1. The van der Waals surface area contributed by atoms with Crippen LogP contribution in [-0.4, -0.2) is 35.2 Å². The van der Waals surface area contributed by atoms with Crippen LogP contribution in [0.1, 0.15) is 50.1 Å². The monoisotopic (exact) mass is 552 g/mol. The minimum absolute atomic E-state index is 0.0324. The van der Waals surface area contributed by atoms with Gasteiger partial charge in [-0.3, -0.25) is 19.5 Å². The highest BCUT2D eigenvalue weighted by molar-refractivity contribution is 7.10. The first kappa shape index (κ1) is 26.1. The van der Waals surface area contributed by atoms with Crippen molar-refractivity contribution in [3.8, 4) is 0 Å². The van der Waals surface area contributed by atoms with Crippen molar-refractivity contribution in [3.05, 3.63) is 87.2 Å². The molecule has 1 fully saturated rings. The second-order valence-electron chi connectivity index (χ2n) is 9.49. The number of hydrogen-bond donors (Lipinski definition) is 0. The number of thiophene rings is 1. The van der Waals surface area contributed by atoms with Crippen LogP contribution in [0.4, 0.5) is 11.4 Å². The number of esters is 1. The summed E-state index contributed by atoms with van der Waals surface area (Å²) in [7, 11) is 0. The summed E-state index contributed by atoms with van der Waals surface area (Å²) in [6, 6.07) is 7.92. The van der Waals surface area contributed by atoms with Gasteiger partial charge in [0.15, 0.2) is 4.80 Å². The van der Waals surface area contributed by atoms with E-state index in [0.717, 1.165) is 36.5 Å². The molecule has 11 heteroatoms. The smallest absolute Gasteiger partial charge is 0.338 e. The van der Waals surface area contributed by atoms with Crippen molar-refractivity contribution >= 4 is 46.1 Å². The molecule has 1 aromatic carbocycles. The fraction of sp³-hybridized carbons (Fsp3) is 0.370. The van der Waals surface area contributed by atoms with Crippen molar-refractivity contribution in [2.45, 2.75) is 39.7 Å². The van der Waals surface area contributed by atoms with Crippen molar-refractivity contribution in [3.63, 3.8) is 0 Å². The molecule has 2 aliphatic rings. The predicted molar refractivity (Wildman–Crippen MR) is 148 cm³/mol. The number of piperidine rings is 1. The maximum Gasteiger partial charge on any atom is 0.338 e. The van der Waals surface area contributed by atoms with E-state index in [0.29, 0.717) is 32.1 Å². The van der Waals surface area contributed by atoms with Crippen LogP contribution in [0.2, 0.25) is 0 Å². The zero-order valence-electron chi connectivity index (χ0n) is 21.4. The summed E-state index contributed by atoms with van der Waals surface area (Å²) in [5, 5.41) is 13.5. The number of fused-ring (bicyclic) bond motifs is 1. The van der Waals surface area contributed by atoms with E-state index in [-0.39, 0.29) is 17.9 Å². The second-order valence-corrected chi connectivity index (χ2v) is 11.5. The number of rotatable bonds is 6. The summed E-state index contributed by atoms with van der Waals surface area (Å²) in [6.45, 7) is 7.62. The number of carbonyl (C=O) groups excluding carboxylic acids is 1. The Morgan fingerprint density at radius 2 is 2.05 bits per heavy atom. The van der Waals surface area contributed by atoms with Crippen LogP contribution in [0, 0.1) is 16.0 Å². The number of allylic oxidation sites excluding steroid dienone is 1. The molecule has 0 radical (unpaired) electrons. The van der Waals surface area contributed by atoms with Gasteiger partial charge in [0.1, 0.15) is 6.04 Å². The van der Waals surface area contributed by atoms with E-state index >= 15 is 0 Å². The number of non-ortho nitro benzene ring substituents is 1. The van der Waals surface area contributed by atoms with E-state index in [1.807, 2.05) is 17.5 Å². The highest BCUT2D eigenvalue weighted by Gasteiger charge is 2.34. The average molecular weight is 553 g/mol. The Hall–Kier alpha value is -3.57. The maximum atomic E-state index is 13.9. The third kappa shape index (κ3) is 4.83. The van der Waals surface area contributed by atoms with Gasteiger partial charge in [-0.1, -0.05) is 24.3 Å². The minimum Gasteiger partial charge on any atom is -0.463 e. The molecule has 198 valence electrons. The highest BCUT2D eigenvalue weighted by atomic mass is 32.1. The van der Waals surface area contributed by atoms with Crippen LogP contribution < -0.4 is 19.8 Å². The van der Waals surface area contributed by atoms with E-state index in [1.54, 1.807) is 30.6 Å². The third-order valence-electron chi connectivity index (χ3n) is 6.96. The summed E-state index contributed by atoms with van der Waals surface area (Å²) >= 11 is 2.67. The number of nitro groups is 1. The molecule has 0 bridgehead atoms. The Balaban J connectivity index is 1.68. The lowest BCUT2D eigenvalue weighted by Crippen LogP contribution is -2.39. The number of carbonyl (C=O) groups is 1. The Morgan fingerprint density at radius 3 is 2.71 bits per heavy atom. The Morgan fingerprint density at radius 1 is 1.29 bits per heavy atom. The largest absolute Gasteiger partial charge is 0.463 e. The minimum atomic E-state index is -0.652.